The Morgan fingerprint density at radius 1 is 1.32 bits per heavy atom. The van der Waals surface area contributed by atoms with E-state index in [2.05, 4.69) is 5.32 Å². The highest BCUT2D eigenvalue weighted by atomic mass is 32.2. The Kier molecular flexibility index (Phi) is 4.23. The quantitative estimate of drug-likeness (QED) is 0.604. The Balaban J connectivity index is 1.89. The van der Waals surface area contributed by atoms with E-state index in [9.17, 15) is 27.2 Å². The Bertz CT molecular complexity index is 882. The molecule has 1 unspecified atom stereocenters. The summed E-state index contributed by atoms with van der Waals surface area (Å²) in [6, 6.07) is 1.23. The number of nitrogens with zero attached hydrogens (tertiary/aromatic N) is 1. The van der Waals surface area contributed by atoms with Crippen molar-refractivity contribution >= 4 is 27.8 Å². The molecule has 0 spiro atoms. The van der Waals surface area contributed by atoms with Gasteiger partial charge >= 0.3 is 10.1 Å². The first-order valence-electron chi connectivity index (χ1n) is 7.61. The van der Waals surface area contributed by atoms with E-state index in [1.165, 1.54) is 11.8 Å². The molecule has 1 aromatic rings. The highest BCUT2D eigenvalue weighted by molar-refractivity contribution is 7.87. The maximum atomic E-state index is 14.1. The number of fused-ring (bicyclic) bond motifs is 1. The van der Waals surface area contributed by atoms with Crippen molar-refractivity contribution < 1.29 is 31.4 Å². The normalized spacial score (nSPS) is 20.5. The third kappa shape index (κ3) is 3.21. The van der Waals surface area contributed by atoms with Gasteiger partial charge in [-0.3, -0.25) is 19.7 Å². The smallest absolute Gasteiger partial charge is 0.308 e. The van der Waals surface area contributed by atoms with Gasteiger partial charge in [-0.1, -0.05) is 0 Å². The lowest BCUT2D eigenvalue weighted by atomic mass is 10.0. The van der Waals surface area contributed by atoms with E-state index in [1.807, 2.05) is 0 Å². The van der Waals surface area contributed by atoms with E-state index in [-0.39, 0.29) is 30.7 Å². The molecule has 2 aliphatic rings. The lowest BCUT2D eigenvalue weighted by Crippen LogP contribution is -2.52. The van der Waals surface area contributed by atoms with Crippen molar-refractivity contribution in [3.05, 3.63) is 29.1 Å². The van der Waals surface area contributed by atoms with Gasteiger partial charge in [-0.15, -0.1) is 0 Å². The Morgan fingerprint density at radius 3 is 2.68 bits per heavy atom. The Labute approximate surface area is 143 Å². The van der Waals surface area contributed by atoms with Crippen LogP contribution in [0.5, 0.6) is 5.75 Å². The molecule has 1 fully saturated rings. The Morgan fingerprint density at radius 2 is 2.04 bits per heavy atom. The van der Waals surface area contributed by atoms with Gasteiger partial charge in [0.2, 0.25) is 11.8 Å². The summed E-state index contributed by atoms with van der Waals surface area (Å²) in [4.78, 5) is 36.9. The van der Waals surface area contributed by atoms with Crippen LogP contribution in [0.15, 0.2) is 12.1 Å². The van der Waals surface area contributed by atoms with Gasteiger partial charge in [0.1, 0.15) is 6.04 Å². The molecule has 1 aromatic carbocycles. The molecule has 1 N–H and O–H groups in total. The molecule has 8 nitrogen and oxygen atoms in total. The fourth-order valence-electron chi connectivity index (χ4n) is 2.83. The van der Waals surface area contributed by atoms with Gasteiger partial charge in [-0.05, 0) is 31.0 Å². The summed E-state index contributed by atoms with van der Waals surface area (Å²) >= 11 is 0. The van der Waals surface area contributed by atoms with Crippen LogP contribution >= 0.6 is 0 Å². The SMILES string of the molecule is CCS(=O)(=O)Oc1cc2c(cc1F)C(=O)N(C1CCC(=O)NC1=O)C2. The molecule has 10 heteroatoms. The number of hydrogen-bond acceptors (Lipinski definition) is 6. The molecule has 0 bridgehead atoms. The van der Waals surface area contributed by atoms with Crippen LogP contribution in [0, 0.1) is 5.82 Å². The van der Waals surface area contributed by atoms with E-state index in [4.69, 9.17) is 4.18 Å². The lowest BCUT2D eigenvalue weighted by Gasteiger charge is -2.29. The van der Waals surface area contributed by atoms with Crippen molar-refractivity contribution in [2.24, 2.45) is 0 Å². The van der Waals surface area contributed by atoms with Gasteiger partial charge in [-0.2, -0.15) is 8.42 Å². The molecule has 2 aliphatic heterocycles. The summed E-state index contributed by atoms with van der Waals surface area (Å²) in [7, 11) is -3.92. The third-order valence-corrected chi connectivity index (χ3v) is 5.29. The second-order valence-corrected chi connectivity index (χ2v) is 7.63. The van der Waals surface area contributed by atoms with E-state index in [1.54, 1.807) is 0 Å². The van der Waals surface area contributed by atoms with Crippen molar-refractivity contribution in [2.45, 2.75) is 32.4 Å². The number of imide groups is 1. The molecule has 134 valence electrons. The molecule has 1 atom stereocenters. The van der Waals surface area contributed by atoms with Crippen LogP contribution in [0.4, 0.5) is 4.39 Å². The number of halogens is 1. The molecule has 0 saturated carbocycles. The monoisotopic (exact) mass is 370 g/mol. The summed E-state index contributed by atoms with van der Waals surface area (Å²) < 4.78 is 41.8. The first kappa shape index (κ1) is 17.3. The predicted octanol–water partition coefficient (Wildman–Crippen LogP) is 0.315. The first-order chi connectivity index (χ1) is 11.7. The molecule has 0 aliphatic carbocycles. The van der Waals surface area contributed by atoms with E-state index >= 15 is 0 Å². The fourth-order valence-corrected chi connectivity index (χ4v) is 3.35. The maximum absolute atomic E-state index is 14.1. The second kappa shape index (κ2) is 6.10. The zero-order chi connectivity index (χ0) is 18.4. The molecular formula is C15H15FN2O6S. The number of nitrogens with one attached hydrogen (secondary N) is 1. The van der Waals surface area contributed by atoms with Gasteiger partial charge < -0.3 is 9.08 Å². The summed E-state index contributed by atoms with van der Waals surface area (Å²) in [6.07, 6.45) is 0.286. The predicted molar refractivity (Wildman–Crippen MR) is 82.5 cm³/mol. The summed E-state index contributed by atoms with van der Waals surface area (Å²) in [5.74, 6) is -3.33. The van der Waals surface area contributed by atoms with E-state index in [0.29, 0.717) is 5.56 Å². The number of carbonyl (C=O) groups excluding carboxylic acids is 3. The minimum atomic E-state index is -3.92. The van der Waals surface area contributed by atoms with Crippen molar-refractivity contribution in [1.29, 1.82) is 0 Å². The molecule has 0 aromatic heterocycles. The number of rotatable bonds is 4. The largest absolute Gasteiger partial charge is 0.379 e. The number of carbonyl (C=O) groups is 3. The van der Waals surface area contributed by atoms with E-state index in [0.717, 1.165) is 12.1 Å². The van der Waals surface area contributed by atoms with Crippen LogP contribution in [-0.2, 0) is 26.3 Å². The van der Waals surface area contributed by atoms with Crippen molar-refractivity contribution in [1.82, 2.24) is 10.2 Å². The summed E-state index contributed by atoms with van der Waals surface area (Å²) in [5, 5.41) is 2.17. The summed E-state index contributed by atoms with van der Waals surface area (Å²) in [5.41, 5.74) is 0.404. The maximum Gasteiger partial charge on any atom is 0.308 e. The van der Waals surface area contributed by atoms with Gasteiger partial charge in [0.15, 0.2) is 11.6 Å². The average Bonchev–Trinajstić information content (AvgIpc) is 2.84. The third-order valence-electron chi connectivity index (χ3n) is 4.15. The minimum absolute atomic E-state index is 0.00323. The standard InChI is InChI=1S/C15H15FN2O6S/c1-2-25(22,23)24-12-5-8-7-18(15(21)9(8)6-10(12)16)11-3-4-13(19)17-14(11)20/h5-6,11H,2-4,7H2,1H3,(H,17,19,20). The van der Waals surface area contributed by atoms with Crippen molar-refractivity contribution in [2.75, 3.05) is 5.75 Å². The average molecular weight is 370 g/mol. The molecule has 0 radical (unpaired) electrons. The van der Waals surface area contributed by atoms with Crippen LogP contribution in [0.25, 0.3) is 0 Å². The molecule has 25 heavy (non-hydrogen) atoms. The fraction of sp³-hybridized carbons (Fsp3) is 0.400. The van der Waals surface area contributed by atoms with Crippen LogP contribution in [0.3, 0.4) is 0 Å². The van der Waals surface area contributed by atoms with Crippen molar-refractivity contribution in [3.8, 4) is 5.75 Å². The topological polar surface area (TPSA) is 110 Å². The molecule has 3 amide bonds. The number of benzene rings is 1. The van der Waals surface area contributed by atoms with Gasteiger partial charge in [0.05, 0.1) is 5.75 Å². The van der Waals surface area contributed by atoms with Crippen LogP contribution in [-0.4, -0.2) is 42.8 Å². The zero-order valence-electron chi connectivity index (χ0n) is 13.2. The number of amides is 3. The zero-order valence-corrected chi connectivity index (χ0v) is 14.1. The minimum Gasteiger partial charge on any atom is -0.379 e. The highest BCUT2D eigenvalue weighted by Gasteiger charge is 2.39. The molecule has 1 saturated heterocycles. The van der Waals surface area contributed by atoms with Crippen LogP contribution < -0.4 is 9.50 Å². The van der Waals surface area contributed by atoms with Gasteiger partial charge in [0.25, 0.3) is 5.91 Å². The lowest BCUT2D eigenvalue weighted by molar-refractivity contribution is -0.136. The van der Waals surface area contributed by atoms with E-state index < -0.39 is 45.4 Å². The molecule has 3 rings (SSSR count). The van der Waals surface area contributed by atoms with Crippen LogP contribution in [0.2, 0.25) is 0 Å². The molecular weight excluding hydrogens is 355 g/mol. The highest BCUT2D eigenvalue weighted by Crippen LogP contribution is 2.32. The number of piperidine rings is 1. The van der Waals surface area contributed by atoms with Gasteiger partial charge in [-0.25, -0.2) is 4.39 Å². The van der Waals surface area contributed by atoms with Crippen molar-refractivity contribution in [3.63, 3.8) is 0 Å². The summed E-state index contributed by atoms with van der Waals surface area (Å²) in [6.45, 7) is 1.36. The molecule has 2 heterocycles. The van der Waals surface area contributed by atoms with Crippen LogP contribution in [0.1, 0.15) is 35.7 Å². The first-order valence-corrected chi connectivity index (χ1v) is 9.19. The second-order valence-electron chi connectivity index (χ2n) is 5.77. The number of hydrogen-bond donors (Lipinski definition) is 1. The van der Waals surface area contributed by atoms with Gasteiger partial charge in [0, 0.05) is 18.5 Å². The Hall–Kier alpha value is -2.49.